The number of aldehydes is 1. The molecule has 4 rings (SSSR count). The predicted molar refractivity (Wildman–Crippen MR) is 163 cm³/mol. The minimum atomic E-state index is -4.58. The number of alkyl halides is 3. The number of nitriles is 1. The second kappa shape index (κ2) is 16.4. The number of aliphatic imine (C=N–C) groups is 1. The smallest absolute Gasteiger partial charge is 0.402 e. The number of benzene rings is 1. The fourth-order valence-electron chi connectivity index (χ4n) is 5.60. The molecule has 13 heteroatoms. The molecule has 0 spiro atoms. The second-order valence-electron chi connectivity index (χ2n) is 11.6. The van der Waals surface area contributed by atoms with Crippen LogP contribution in [-0.2, 0) is 20.5 Å². The van der Waals surface area contributed by atoms with Gasteiger partial charge in [0.1, 0.15) is 18.2 Å². The fourth-order valence-corrected chi connectivity index (χ4v) is 5.60. The molecule has 2 saturated heterocycles. The van der Waals surface area contributed by atoms with E-state index in [-0.39, 0.29) is 23.6 Å². The van der Waals surface area contributed by atoms with Crippen molar-refractivity contribution in [1.29, 1.82) is 5.26 Å². The van der Waals surface area contributed by atoms with Gasteiger partial charge in [0.15, 0.2) is 0 Å². The molecule has 1 aliphatic carbocycles. The first kappa shape index (κ1) is 35.6. The van der Waals surface area contributed by atoms with E-state index in [2.05, 4.69) is 11.4 Å². The third kappa shape index (κ3) is 9.78. The average molecular weight is 633 g/mol. The van der Waals surface area contributed by atoms with Gasteiger partial charge < -0.3 is 30.4 Å². The lowest BCUT2D eigenvalue weighted by Gasteiger charge is -2.33. The Morgan fingerprint density at radius 2 is 1.93 bits per heavy atom. The lowest BCUT2D eigenvalue weighted by atomic mass is 9.84. The summed E-state index contributed by atoms with van der Waals surface area (Å²) < 4.78 is 44.9. The van der Waals surface area contributed by atoms with Crippen LogP contribution in [0.15, 0.2) is 40.5 Å². The summed E-state index contributed by atoms with van der Waals surface area (Å²) in [6.07, 6.45) is 1.88. The lowest BCUT2D eigenvalue weighted by molar-refractivity contribution is -0.137. The summed E-state index contributed by atoms with van der Waals surface area (Å²) in [6.45, 7) is 6.38. The molecule has 246 valence electrons. The molecule has 3 N–H and O–H groups in total. The van der Waals surface area contributed by atoms with Crippen LogP contribution in [0.25, 0.3) is 0 Å². The monoisotopic (exact) mass is 632 g/mol. The molecule has 3 aliphatic rings. The van der Waals surface area contributed by atoms with Gasteiger partial charge in [-0.1, -0.05) is 6.07 Å². The van der Waals surface area contributed by atoms with Crippen molar-refractivity contribution in [2.75, 3.05) is 33.4 Å². The minimum absolute atomic E-state index is 0.0475. The number of halogens is 3. The van der Waals surface area contributed by atoms with E-state index in [0.29, 0.717) is 43.2 Å². The first-order valence-corrected chi connectivity index (χ1v) is 15.3. The highest BCUT2D eigenvalue weighted by Crippen LogP contribution is 2.43. The van der Waals surface area contributed by atoms with Crippen molar-refractivity contribution in [3.63, 3.8) is 0 Å². The fraction of sp³-hybridized carbons (Fsp3) is 0.594. The number of likely N-dealkylation sites (N-methyl/N-ethyl adjacent to an activating group) is 1. The van der Waals surface area contributed by atoms with Gasteiger partial charge >= 0.3 is 6.18 Å². The van der Waals surface area contributed by atoms with E-state index in [9.17, 15) is 27.6 Å². The molecular formula is C32H43F3N6O4. The maximum absolute atomic E-state index is 13.2. The standard InChI is InChI=1S/C26H35F3N4O3.C6H8N2O/c1-4-33(3)24(31-20-10-12-36-13-11-20)22(16(2)30)23(17-8-9-17)21(15-34)32-25(35)18-6-5-7-19(14-18)26(27,28)29;7-4-6-2-1-3-8(6)5-9/h5-7,14-15,17,20-21,23H,4,8-13,30H2,1-3H3,(H,32,35);5-6H,1-3H2/b22-16-,31-24?;. The summed E-state index contributed by atoms with van der Waals surface area (Å²) in [5.74, 6) is -0.415. The van der Waals surface area contributed by atoms with E-state index >= 15 is 0 Å². The van der Waals surface area contributed by atoms with Crippen molar-refractivity contribution in [3.05, 3.63) is 46.7 Å². The van der Waals surface area contributed by atoms with E-state index in [4.69, 9.17) is 20.7 Å². The van der Waals surface area contributed by atoms with Gasteiger partial charge in [0.2, 0.25) is 6.41 Å². The molecule has 2 heterocycles. The number of likely N-dealkylation sites (tertiary alicyclic amines) is 1. The molecule has 1 saturated carbocycles. The number of nitrogens with zero attached hydrogens (tertiary/aromatic N) is 4. The van der Waals surface area contributed by atoms with E-state index in [1.54, 1.807) is 11.8 Å². The molecule has 1 aromatic carbocycles. The number of rotatable bonds is 10. The van der Waals surface area contributed by atoms with Gasteiger partial charge in [-0.15, -0.1) is 0 Å². The maximum atomic E-state index is 13.2. The Bertz CT molecular complexity index is 1280. The number of hydrogen-bond donors (Lipinski definition) is 2. The van der Waals surface area contributed by atoms with Gasteiger partial charge in [-0.25, -0.2) is 0 Å². The Kier molecular flexibility index (Phi) is 13.0. The summed E-state index contributed by atoms with van der Waals surface area (Å²) in [7, 11) is 1.90. The summed E-state index contributed by atoms with van der Waals surface area (Å²) in [5.41, 5.74) is 6.51. The van der Waals surface area contributed by atoms with Crippen molar-refractivity contribution >= 4 is 24.4 Å². The summed E-state index contributed by atoms with van der Waals surface area (Å²) in [5, 5.41) is 11.1. The van der Waals surface area contributed by atoms with Gasteiger partial charge in [0.25, 0.3) is 5.91 Å². The second-order valence-corrected chi connectivity index (χ2v) is 11.6. The first-order chi connectivity index (χ1) is 21.4. The Labute approximate surface area is 262 Å². The number of carbonyl (C=O) groups is 3. The van der Waals surface area contributed by atoms with Crippen LogP contribution in [0.5, 0.6) is 0 Å². The number of carbonyl (C=O) groups excluding carboxylic acids is 3. The van der Waals surface area contributed by atoms with E-state index in [1.807, 2.05) is 18.9 Å². The van der Waals surface area contributed by atoms with Crippen LogP contribution < -0.4 is 11.1 Å². The van der Waals surface area contributed by atoms with Gasteiger partial charge in [-0.05, 0) is 76.5 Å². The molecular weight excluding hydrogens is 589 g/mol. The number of ether oxygens (including phenoxy) is 1. The number of amidine groups is 1. The molecule has 3 unspecified atom stereocenters. The van der Waals surface area contributed by atoms with E-state index in [0.717, 1.165) is 63.6 Å². The Morgan fingerprint density at radius 3 is 2.44 bits per heavy atom. The SMILES string of the molecule is CCN(C)C(=NC1CCOCC1)/C(=C(/C)N)C(C1CC1)C(C=O)NC(=O)c1cccc(C(F)(F)F)c1.N#CC1CCCN1C=O. The van der Waals surface area contributed by atoms with Crippen molar-refractivity contribution < 1.29 is 32.3 Å². The normalized spacial score (nSPS) is 21.0. The van der Waals surface area contributed by atoms with Crippen LogP contribution in [0.2, 0.25) is 0 Å². The number of nitrogens with one attached hydrogen (secondary N) is 1. The Hall–Kier alpha value is -3.92. The van der Waals surface area contributed by atoms with Crippen molar-refractivity contribution in [1.82, 2.24) is 15.1 Å². The van der Waals surface area contributed by atoms with Crippen LogP contribution in [0.4, 0.5) is 13.2 Å². The van der Waals surface area contributed by atoms with Crippen LogP contribution >= 0.6 is 0 Å². The topological polar surface area (TPSA) is 141 Å². The molecule has 3 fully saturated rings. The molecule has 0 aromatic heterocycles. The van der Waals surface area contributed by atoms with Crippen LogP contribution in [0, 0.1) is 23.2 Å². The van der Waals surface area contributed by atoms with E-state index in [1.165, 1.54) is 12.1 Å². The highest BCUT2D eigenvalue weighted by atomic mass is 19.4. The predicted octanol–water partition coefficient (Wildman–Crippen LogP) is 3.92. The molecule has 2 amide bonds. The molecule has 0 radical (unpaired) electrons. The van der Waals surface area contributed by atoms with Gasteiger partial charge in [0, 0.05) is 56.1 Å². The van der Waals surface area contributed by atoms with Crippen LogP contribution in [-0.4, -0.2) is 85.7 Å². The van der Waals surface area contributed by atoms with E-state index < -0.39 is 29.6 Å². The molecule has 3 atom stereocenters. The number of nitrogens with two attached hydrogens (primary N) is 1. The molecule has 0 bridgehead atoms. The minimum Gasteiger partial charge on any atom is -0.402 e. The van der Waals surface area contributed by atoms with Crippen LogP contribution in [0.1, 0.15) is 68.3 Å². The van der Waals surface area contributed by atoms with Crippen molar-refractivity contribution in [3.8, 4) is 6.07 Å². The zero-order valence-corrected chi connectivity index (χ0v) is 26.1. The Balaban J connectivity index is 0.000000525. The van der Waals surface area contributed by atoms with Gasteiger partial charge in [-0.3, -0.25) is 14.6 Å². The average Bonchev–Trinajstić information content (AvgIpc) is 3.77. The molecule has 45 heavy (non-hydrogen) atoms. The summed E-state index contributed by atoms with van der Waals surface area (Å²) >= 11 is 0. The lowest BCUT2D eigenvalue weighted by Crippen LogP contribution is -2.46. The van der Waals surface area contributed by atoms with Crippen LogP contribution in [0.3, 0.4) is 0 Å². The third-order valence-corrected chi connectivity index (χ3v) is 8.32. The zero-order valence-electron chi connectivity index (χ0n) is 26.1. The molecule has 10 nitrogen and oxygen atoms in total. The maximum Gasteiger partial charge on any atom is 0.416 e. The number of hydrogen-bond acceptors (Lipinski definition) is 7. The summed E-state index contributed by atoms with van der Waals surface area (Å²) in [4.78, 5) is 44.0. The largest absolute Gasteiger partial charge is 0.416 e. The number of allylic oxidation sites excluding steroid dienone is 1. The summed E-state index contributed by atoms with van der Waals surface area (Å²) in [6, 6.07) is 5.15. The first-order valence-electron chi connectivity index (χ1n) is 15.3. The van der Waals surface area contributed by atoms with Crippen molar-refractivity contribution in [2.24, 2.45) is 22.6 Å². The van der Waals surface area contributed by atoms with Gasteiger partial charge in [0.05, 0.1) is 23.7 Å². The van der Waals surface area contributed by atoms with Gasteiger partial charge in [-0.2, -0.15) is 18.4 Å². The Morgan fingerprint density at radius 1 is 1.24 bits per heavy atom. The number of amides is 2. The molecule has 2 aliphatic heterocycles. The quantitative estimate of drug-likeness (QED) is 0.226. The highest BCUT2D eigenvalue weighted by molar-refractivity contribution is 6.01. The van der Waals surface area contributed by atoms with Crippen molar-refractivity contribution in [2.45, 2.75) is 76.7 Å². The zero-order chi connectivity index (χ0) is 33.1. The third-order valence-electron chi connectivity index (χ3n) is 8.32. The molecule has 1 aromatic rings. The highest BCUT2D eigenvalue weighted by Gasteiger charge is 2.42.